The van der Waals surface area contributed by atoms with Crippen molar-refractivity contribution in [2.75, 3.05) is 0 Å². The van der Waals surface area contributed by atoms with E-state index < -0.39 is 0 Å². The third-order valence-electron chi connectivity index (χ3n) is 2.53. The Morgan fingerprint density at radius 2 is 2.36 bits per heavy atom. The van der Waals surface area contributed by atoms with Crippen LogP contribution in [0, 0.1) is 5.82 Å². The molecule has 3 N–H and O–H groups in total. The molecule has 0 aromatic heterocycles. The van der Waals surface area contributed by atoms with Crippen molar-refractivity contribution in [2.45, 2.75) is 18.6 Å². The largest absolute Gasteiger partial charge is 0.322 e. The zero-order valence-electron chi connectivity index (χ0n) is 7.53. The maximum atomic E-state index is 12.9. The van der Waals surface area contributed by atoms with E-state index in [4.69, 9.17) is 5.73 Å². The minimum Gasteiger partial charge on any atom is -0.322 e. The molecule has 0 spiro atoms. The molecule has 0 saturated heterocycles. The summed E-state index contributed by atoms with van der Waals surface area (Å²) in [4.78, 5) is 10.6. The lowest BCUT2D eigenvalue weighted by Crippen LogP contribution is -2.44. The predicted molar refractivity (Wildman–Crippen MR) is 50.0 cm³/mol. The lowest BCUT2D eigenvalue weighted by Gasteiger charge is -2.28. The Labute approximate surface area is 81.1 Å². The van der Waals surface area contributed by atoms with Gasteiger partial charge in [-0.2, -0.15) is 0 Å². The topological polar surface area (TPSA) is 55.1 Å². The van der Waals surface area contributed by atoms with Crippen molar-refractivity contribution >= 4 is 6.29 Å². The van der Waals surface area contributed by atoms with Gasteiger partial charge in [-0.3, -0.25) is 0 Å². The highest BCUT2D eigenvalue weighted by atomic mass is 19.1. The fraction of sp³-hybridized carbons (Fsp3) is 0.300. The SMILES string of the molecule is NC1c2ccc(F)cc2CNC1C=O. The number of benzene rings is 1. The summed E-state index contributed by atoms with van der Waals surface area (Å²) in [5, 5.41) is 2.94. The van der Waals surface area contributed by atoms with Crippen molar-refractivity contribution in [1.29, 1.82) is 0 Å². The van der Waals surface area contributed by atoms with Gasteiger partial charge in [0.05, 0.1) is 12.1 Å². The summed E-state index contributed by atoms with van der Waals surface area (Å²) in [6.07, 6.45) is 0.789. The lowest BCUT2D eigenvalue weighted by atomic mass is 9.92. The van der Waals surface area contributed by atoms with Crippen molar-refractivity contribution in [3.05, 3.63) is 35.1 Å². The molecule has 3 nitrogen and oxygen atoms in total. The molecule has 0 fully saturated rings. The van der Waals surface area contributed by atoms with E-state index in [1.54, 1.807) is 6.07 Å². The van der Waals surface area contributed by atoms with Crippen LogP contribution in [-0.2, 0) is 11.3 Å². The van der Waals surface area contributed by atoms with Gasteiger partial charge in [-0.25, -0.2) is 4.39 Å². The maximum absolute atomic E-state index is 12.9. The number of rotatable bonds is 1. The van der Waals surface area contributed by atoms with E-state index >= 15 is 0 Å². The number of carbonyl (C=O) groups is 1. The Bertz CT molecular complexity index is 367. The number of carbonyl (C=O) groups excluding carboxylic acids is 1. The van der Waals surface area contributed by atoms with Crippen molar-refractivity contribution in [1.82, 2.24) is 5.32 Å². The first kappa shape index (κ1) is 9.30. The summed E-state index contributed by atoms with van der Waals surface area (Å²) in [5.74, 6) is -0.276. The van der Waals surface area contributed by atoms with E-state index in [1.165, 1.54) is 12.1 Å². The number of aldehydes is 1. The minimum atomic E-state index is -0.378. The Morgan fingerprint density at radius 1 is 1.57 bits per heavy atom. The molecule has 1 aliphatic heterocycles. The number of fused-ring (bicyclic) bond motifs is 1. The van der Waals surface area contributed by atoms with Gasteiger partial charge in [0.15, 0.2) is 0 Å². The van der Waals surface area contributed by atoms with Gasteiger partial charge in [0, 0.05) is 6.54 Å². The van der Waals surface area contributed by atoms with Crippen molar-refractivity contribution < 1.29 is 9.18 Å². The van der Waals surface area contributed by atoms with E-state index in [0.717, 1.165) is 17.4 Å². The van der Waals surface area contributed by atoms with E-state index in [-0.39, 0.29) is 17.9 Å². The highest BCUT2D eigenvalue weighted by Crippen LogP contribution is 2.23. The molecule has 0 aliphatic carbocycles. The van der Waals surface area contributed by atoms with Crippen molar-refractivity contribution in [3.63, 3.8) is 0 Å². The van der Waals surface area contributed by atoms with Crippen LogP contribution in [0.25, 0.3) is 0 Å². The summed E-state index contributed by atoms with van der Waals surface area (Å²) < 4.78 is 12.9. The molecule has 0 bridgehead atoms. The minimum absolute atomic E-state index is 0.276. The van der Waals surface area contributed by atoms with Gasteiger partial charge >= 0.3 is 0 Å². The molecule has 1 heterocycles. The first-order valence-corrected chi connectivity index (χ1v) is 4.45. The Hall–Kier alpha value is -1.26. The predicted octanol–water partition coefficient (Wildman–Crippen LogP) is 0.496. The van der Waals surface area contributed by atoms with Crippen LogP contribution in [0.3, 0.4) is 0 Å². The van der Waals surface area contributed by atoms with E-state index in [1.807, 2.05) is 0 Å². The number of nitrogens with one attached hydrogen (secondary N) is 1. The Kier molecular flexibility index (Phi) is 2.31. The van der Waals surface area contributed by atoms with Gasteiger partial charge < -0.3 is 15.8 Å². The standard InChI is InChI=1S/C10H11FN2O/c11-7-1-2-8-6(3-7)4-13-9(5-14)10(8)12/h1-3,5,9-10,13H,4,12H2. The molecule has 2 atom stereocenters. The highest BCUT2D eigenvalue weighted by molar-refractivity contribution is 5.61. The Morgan fingerprint density at radius 3 is 3.07 bits per heavy atom. The van der Waals surface area contributed by atoms with Gasteiger partial charge in [0.25, 0.3) is 0 Å². The fourth-order valence-electron chi connectivity index (χ4n) is 1.73. The van der Waals surface area contributed by atoms with Gasteiger partial charge in [-0.05, 0) is 23.3 Å². The van der Waals surface area contributed by atoms with E-state index in [0.29, 0.717) is 6.54 Å². The zero-order chi connectivity index (χ0) is 10.1. The van der Waals surface area contributed by atoms with Crippen molar-refractivity contribution in [3.8, 4) is 0 Å². The number of nitrogens with two attached hydrogens (primary N) is 1. The molecule has 2 rings (SSSR count). The fourth-order valence-corrected chi connectivity index (χ4v) is 1.73. The van der Waals surface area contributed by atoms with Crippen molar-refractivity contribution in [2.24, 2.45) is 5.73 Å². The summed E-state index contributed by atoms with van der Waals surface area (Å²) in [6.45, 7) is 0.490. The second kappa shape index (κ2) is 3.48. The normalized spacial score (nSPS) is 25.6. The molecule has 0 radical (unpaired) electrons. The van der Waals surface area contributed by atoms with Crippen LogP contribution in [0.2, 0.25) is 0 Å². The maximum Gasteiger partial charge on any atom is 0.138 e. The van der Waals surface area contributed by atoms with Crippen LogP contribution < -0.4 is 11.1 Å². The van der Waals surface area contributed by atoms with Crippen LogP contribution in [0.1, 0.15) is 17.2 Å². The van der Waals surface area contributed by atoms with Gasteiger partial charge in [-0.1, -0.05) is 6.07 Å². The second-order valence-corrected chi connectivity index (χ2v) is 3.41. The average Bonchev–Trinajstić information content (AvgIpc) is 2.18. The molecule has 0 amide bonds. The van der Waals surface area contributed by atoms with Crippen LogP contribution in [0.5, 0.6) is 0 Å². The molecule has 1 aromatic carbocycles. The first-order valence-electron chi connectivity index (χ1n) is 4.45. The van der Waals surface area contributed by atoms with Crippen LogP contribution in [0.4, 0.5) is 4.39 Å². The lowest BCUT2D eigenvalue weighted by molar-refractivity contribution is -0.110. The van der Waals surface area contributed by atoms with Crippen LogP contribution >= 0.6 is 0 Å². The number of halogens is 1. The van der Waals surface area contributed by atoms with Gasteiger partial charge in [0.1, 0.15) is 12.1 Å². The third kappa shape index (κ3) is 1.42. The van der Waals surface area contributed by atoms with E-state index in [2.05, 4.69) is 5.32 Å². The molecule has 1 aliphatic rings. The van der Waals surface area contributed by atoms with Crippen LogP contribution in [-0.4, -0.2) is 12.3 Å². The first-order chi connectivity index (χ1) is 6.72. The second-order valence-electron chi connectivity index (χ2n) is 3.41. The Balaban J connectivity index is 2.40. The third-order valence-corrected chi connectivity index (χ3v) is 2.53. The average molecular weight is 194 g/mol. The zero-order valence-corrected chi connectivity index (χ0v) is 7.53. The summed E-state index contributed by atoms with van der Waals surface area (Å²) >= 11 is 0. The van der Waals surface area contributed by atoms with Crippen LogP contribution in [0.15, 0.2) is 18.2 Å². The monoisotopic (exact) mass is 194 g/mol. The number of hydrogen-bond donors (Lipinski definition) is 2. The molecule has 4 heteroatoms. The smallest absolute Gasteiger partial charge is 0.138 e. The van der Waals surface area contributed by atoms with E-state index in [9.17, 15) is 9.18 Å². The summed E-state index contributed by atoms with van der Waals surface area (Å²) in [5.41, 5.74) is 7.51. The van der Waals surface area contributed by atoms with Gasteiger partial charge in [-0.15, -0.1) is 0 Å². The molecule has 74 valence electrons. The molecule has 14 heavy (non-hydrogen) atoms. The molecule has 1 aromatic rings. The number of hydrogen-bond acceptors (Lipinski definition) is 3. The molecular formula is C10H11FN2O. The summed E-state index contributed by atoms with van der Waals surface area (Å²) in [7, 11) is 0. The molecule has 0 saturated carbocycles. The van der Waals surface area contributed by atoms with Gasteiger partial charge in [0.2, 0.25) is 0 Å². The quantitative estimate of drug-likeness (QED) is 0.640. The molecular weight excluding hydrogens is 183 g/mol. The molecule has 2 unspecified atom stereocenters. The highest BCUT2D eigenvalue weighted by Gasteiger charge is 2.25. The summed E-state index contributed by atoms with van der Waals surface area (Å²) in [6, 6.07) is 3.71.